The number of alkyl halides is 3. The van der Waals surface area contributed by atoms with E-state index in [1.54, 1.807) is 13.0 Å². The summed E-state index contributed by atoms with van der Waals surface area (Å²) in [7, 11) is 0. The van der Waals surface area contributed by atoms with Crippen LogP contribution in [0.2, 0.25) is 0 Å². The molecule has 0 aliphatic carbocycles. The molecule has 1 aliphatic heterocycles. The zero-order valence-electron chi connectivity index (χ0n) is 14.9. The average molecular weight is 399 g/mol. The van der Waals surface area contributed by atoms with Gasteiger partial charge < -0.3 is 10.6 Å². The molecule has 1 atom stereocenters. The van der Waals surface area contributed by atoms with Gasteiger partial charge in [-0.3, -0.25) is 4.79 Å². The minimum Gasteiger partial charge on any atom is -0.351 e. The summed E-state index contributed by atoms with van der Waals surface area (Å²) >= 11 is 0. The fourth-order valence-corrected chi connectivity index (χ4v) is 3.27. The van der Waals surface area contributed by atoms with Crippen molar-refractivity contribution in [1.82, 2.24) is 10.6 Å². The Morgan fingerprint density at radius 3 is 2.59 bits per heavy atom. The monoisotopic (exact) mass is 398 g/mol. The highest BCUT2D eigenvalue weighted by Gasteiger charge is 2.31. The lowest BCUT2D eigenvalue weighted by Gasteiger charge is -2.17. The van der Waals surface area contributed by atoms with Crippen molar-refractivity contribution in [2.24, 2.45) is 0 Å². The van der Waals surface area contributed by atoms with Gasteiger partial charge in [0, 0.05) is 19.6 Å². The highest BCUT2D eigenvalue weighted by Crippen LogP contribution is 2.32. The molecule has 0 bridgehead atoms. The Kier molecular flexibility index (Phi) is 6.89. The average Bonchev–Trinajstić information content (AvgIpc) is 3.08. The molecule has 1 unspecified atom stereocenters. The fraction of sp³-hybridized carbons (Fsp3) is 0.350. The van der Waals surface area contributed by atoms with E-state index < -0.39 is 17.7 Å². The molecule has 146 valence electrons. The highest BCUT2D eigenvalue weighted by atomic mass is 35.5. The van der Waals surface area contributed by atoms with Crippen LogP contribution in [0.3, 0.4) is 0 Å². The summed E-state index contributed by atoms with van der Waals surface area (Å²) < 4.78 is 38.7. The number of nitrogens with one attached hydrogen (secondary N) is 2. The van der Waals surface area contributed by atoms with Crippen molar-refractivity contribution in [3.63, 3.8) is 0 Å². The fourth-order valence-electron chi connectivity index (χ4n) is 3.27. The minimum atomic E-state index is -4.41. The Bertz CT molecular complexity index is 808. The highest BCUT2D eigenvalue weighted by molar-refractivity contribution is 5.85. The molecule has 0 spiro atoms. The first kappa shape index (κ1) is 21.3. The number of amides is 1. The molecule has 0 saturated heterocycles. The first-order chi connectivity index (χ1) is 12.4. The third kappa shape index (κ3) is 5.02. The summed E-state index contributed by atoms with van der Waals surface area (Å²) in [6, 6.07) is 11.1. The van der Waals surface area contributed by atoms with E-state index in [0.29, 0.717) is 18.5 Å². The summed E-state index contributed by atoms with van der Waals surface area (Å²) in [5.41, 5.74) is 3.13. The summed E-state index contributed by atoms with van der Waals surface area (Å²) in [5.74, 6) is -0.862. The van der Waals surface area contributed by atoms with Crippen molar-refractivity contribution >= 4 is 18.3 Å². The van der Waals surface area contributed by atoms with Gasteiger partial charge in [-0.1, -0.05) is 43.3 Å². The molecular weight excluding hydrogens is 377 g/mol. The molecule has 27 heavy (non-hydrogen) atoms. The first-order valence-corrected chi connectivity index (χ1v) is 8.64. The number of halogens is 4. The molecule has 1 aliphatic rings. The van der Waals surface area contributed by atoms with Crippen LogP contribution in [0.25, 0.3) is 0 Å². The number of fused-ring (bicyclic) bond motifs is 1. The van der Waals surface area contributed by atoms with E-state index in [0.717, 1.165) is 30.8 Å². The second kappa shape index (κ2) is 8.76. The van der Waals surface area contributed by atoms with Gasteiger partial charge >= 0.3 is 6.18 Å². The lowest BCUT2D eigenvalue weighted by Crippen LogP contribution is -2.29. The van der Waals surface area contributed by atoms with Crippen molar-refractivity contribution in [2.45, 2.75) is 45.1 Å². The lowest BCUT2D eigenvalue weighted by molar-refractivity contribution is -0.137. The second-order valence-electron chi connectivity index (χ2n) is 6.51. The minimum absolute atomic E-state index is 0. The maximum absolute atomic E-state index is 12.9. The molecule has 7 heteroatoms. The zero-order chi connectivity index (χ0) is 18.7. The van der Waals surface area contributed by atoms with Gasteiger partial charge in [-0.15, -0.1) is 12.4 Å². The van der Waals surface area contributed by atoms with Crippen LogP contribution < -0.4 is 10.6 Å². The van der Waals surface area contributed by atoms with Crippen molar-refractivity contribution in [3.05, 3.63) is 70.3 Å². The van der Waals surface area contributed by atoms with Gasteiger partial charge in [0.15, 0.2) is 0 Å². The Balaban J connectivity index is 0.00000261. The summed E-state index contributed by atoms with van der Waals surface area (Å²) in [6.07, 6.45) is -3.98. The normalized spacial score (nSPS) is 14.2. The third-order valence-electron chi connectivity index (χ3n) is 4.71. The van der Waals surface area contributed by atoms with Crippen molar-refractivity contribution in [1.29, 1.82) is 0 Å². The molecule has 0 aromatic heterocycles. The molecule has 3 rings (SSSR count). The van der Waals surface area contributed by atoms with Crippen LogP contribution in [0.5, 0.6) is 0 Å². The van der Waals surface area contributed by atoms with Crippen LogP contribution in [0, 0.1) is 0 Å². The predicted molar refractivity (Wildman–Crippen MR) is 101 cm³/mol. The van der Waals surface area contributed by atoms with Gasteiger partial charge in [0.25, 0.3) is 0 Å². The van der Waals surface area contributed by atoms with Gasteiger partial charge in [0.2, 0.25) is 5.91 Å². The molecule has 1 heterocycles. The number of hydrogen-bond donors (Lipinski definition) is 2. The molecular formula is C20H22ClF3N2O. The number of carbonyl (C=O) groups is 1. The molecule has 0 fully saturated rings. The van der Waals surface area contributed by atoms with Crippen molar-refractivity contribution in [2.75, 3.05) is 0 Å². The molecule has 2 aromatic carbocycles. The Labute approximate surface area is 162 Å². The first-order valence-electron chi connectivity index (χ1n) is 8.64. The Morgan fingerprint density at radius 1 is 1.15 bits per heavy atom. The standard InChI is InChI=1S/C20H21F3N2O.ClH/c1-2-18(14-4-3-5-17(9-14)20(21,22)23)19(26)25-10-13-6-7-15-11-24-12-16(15)8-13;/h3-9,18,24H,2,10-12H2,1H3,(H,25,26);1H. The number of rotatable bonds is 5. The number of hydrogen-bond acceptors (Lipinski definition) is 2. The van der Waals surface area contributed by atoms with E-state index in [1.807, 2.05) is 12.1 Å². The largest absolute Gasteiger partial charge is 0.416 e. The molecule has 3 nitrogen and oxygen atoms in total. The van der Waals surface area contributed by atoms with Gasteiger partial charge in [-0.25, -0.2) is 0 Å². The van der Waals surface area contributed by atoms with E-state index >= 15 is 0 Å². The van der Waals surface area contributed by atoms with Gasteiger partial charge in [0.05, 0.1) is 11.5 Å². The Hall–Kier alpha value is -2.05. The van der Waals surface area contributed by atoms with E-state index in [1.165, 1.54) is 17.2 Å². The van der Waals surface area contributed by atoms with E-state index in [-0.39, 0.29) is 18.3 Å². The predicted octanol–water partition coefficient (Wildman–Crippen LogP) is 4.54. The number of carbonyl (C=O) groups excluding carboxylic acids is 1. The molecule has 2 aromatic rings. The molecule has 0 saturated carbocycles. The zero-order valence-corrected chi connectivity index (χ0v) is 15.7. The second-order valence-corrected chi connectivity index (χ2v) is 6.51. The maximum Gasteiger partial charge on any atom is 0.416 e. The van der Waals surface area contributed by atoms with Crippen LogP contribution in [0.4, 0.5) is 13.2 Å². The summed E-state index contributed by atoms with van der Waals surface area (Å²) in [4.78, 5) is 12.5. The Morgan fingerprint density at radius 2 is 1.89 bits per heavy atom. The topological polar surface area (TPSA) is 41.1 Å². The SMILES string of the molecule is CCC(C(=O)NCc1ccc2c(c1)CNC2)c1cccc(C(F)(F)F)c1.Cl. The lowest BCUT2D eigenvalue weighted by atomic mass is 9.94. The van der Waals surface area contributed by atoms with Crippen LogP contribution in [0.1, 0.15) is 47.1 Å². The molecule has 2 N–H and O–H groups in total. The molecule has 0 radical (unpaired) electrons. The molecule has 1 amide bonds. The van der Waals surface area contributed by atoms with Crippen LogP contribution >= 0.6 is 12.4 Å². The van der Waals surface area contributed by atoms with Gasteiger partial charge in [0.1, 0.15) is 0 Å². The summed E-state index contributed by atoms with van der Waals surface area (Å²) in [6.45, 7) is 3.83. The van der Waals surface area contributed by atoms with Crippen molar-refractivity contribution < 1.29 is 18.0 Å². The van der Waals surface area contributed by atoms with Crippen LogP contribution in [0.15, 0.2) is 42.5 Å². The summed E-state index contributed by atoms with van der Waals surface area (Å²) in [5, 5.41) is 6.12. The van der Waals surface area contributed by atoms with Crippen molar-refractivity contribution in [3.8, 4) is 0 Å². The van der Waals surface area contributed by atoms with E-state index in [4.69, 9.17) is 0 Å². The smallest absolute Gasteiger partial charge is 0.351 e. The van der Waals surface area contributed by atoms with Crippen LogP contribution in [-0.4, -0.2) is 5.91 Å². The van der Waals surface area contributed by atoms with E-state index in [2.05, 4.69) is 16.7 Å². The van der Waals surface area contributed by atoms with Gasteiger partial charge in [-0.2, -0.15) is 13.2 Å². The third-order valence-corrected chi connectivity index (χ3v) is 4.71. The van der Waals surface area contributed by atoms with Gasteiger partial charge in [-0.05, 0) is 34.7 Å². The number of benzene rings is 2. The quantitative estimate of drug-likeness (QED) is 0.776. The maximum atomic E-state index is 12.9. The van der Waals surface area contributed by atoms with E-state index in [9.17, 15) is 18.0 Å². The van der Waals surface area contributed by atoms with Crippen LogP contribution in [-0.2, 0) is 30.6 Å².